The fourth-order valence-corrected chi connectivity index (χ4v) is 3.30. The van der Waals surface area contributed by atoms with Crippen LogP contribution >= 0.6 is 0 Å². The molecule has 0 unspecified atom stereocenters. The molecule has 0 saturated heterocycles. The van der Waals surface area contributed by atoms with Gasteiger partial charge in [0, 0.05) is 25.1 Å². The Kier molecular flexibility index (Phi) is 4.90. The number of carbonyl (C=O) groups excluding carboxylic acids is 1. The third kappa shape index (κ3) is 3.46. The summed E-state index contributed by atoms with van der Waals surface area (Å²) in [6.07, 6.45) is 6.36. The van der Waals surface area contributed by atoms with E-state index in [1.165, 1.54) is 0 Å². The predicted octanol–water partition coefficient (Wildman–Crippen LogP) is 1.95. The lowest BCUT2D eigenvalue weighted by molar-refractivity contribution is -0.127. The molecule has 1 aromatic carbocycles. The number of ether oxygens (including phenoxy) is 2. The van der Waals surface area contributed by atoms with Crippen molar-refractivity contribution in [2.75, 3.05) is 27.3 Å². The van der Waals surface area contributed by atoms with E-state index in [1.807, 2.05) is 29.2 Å². The highest BCUT2D eigenvalue weighted by atomic mass is 16.5. The quantitative estimate of drug-likeness (QED) is 0.897. The number of aliphatic hydroxyl groups excluding tert-OH is 1. The summed E-state index contributed by atoms with van der Waals surface area (Å²) in [5.74, 6) is 1.67. The van der Waals surface area contributed by atoms with Gasteiger partial charge in [-0.2, -0.15) is 0 Å². The van der Waals surface area contributed by atoms with Crippen LogP contribution in [0.1, 0.15) is 12.0 Å². The van der Waals surface area contributed by atoms with Crippen molar-refractivity contribution < 1.29 is 19.4 Å². The molecule has 0 aromatic heterocycles. The molecule has 1 N–H and O–H groups in total. The molecule has 2 atom stereocenters. The molecule has 5 heteroatoms. The van der Waals surface area contributed by atoms with Gasteiger partial charge in [0.2, 0.25) is 5.91 Å². The Bertz CT molecular complexity index is 680. The zero-order valence-electron chi connectivity index (χ0n) is 14.1. The molecule has 1 aromatic rings. The van der Waals surface area contributed by atoms with Crippen LogP contribution in [0.3, 0.4) is 0 Å². The molecule has 0 fully saturated rings. The maximum atomic E-state index is 12.3. The van der Waals surface area contributed by atoms with E-state index in [2.05, 4.69) is 0 Å². The van der Waals surface area contributed by atoms with Crippen LogP contribution in [-0.2, 0) is 11.2 Å². The molecule has 0 saturated carbocycles. The molecule has 24 heavy (non-hydrogen) atoms. The van der Waals surface area contributed by atoms with E-state index in [0.29, 0.717) is 31.0 Å². The van der Waals surface area contributed by atoms with Gasteiger partial charge in [-0.25, -0.2) is 0 Å². The summed E-state index contributed by atoms with van der Waals surface area (Å²) >= 11 is 0. The molecule has 1 amide bonds. The van der Waals surface area contributed by atoms with Gasteiger partial charge in [0.15, 0.2) is 11.5 Å². The zero-order chi connectivity index (χ0) is 17.1. The predicted molar refractivity (Wildman–Crippen MR) is 91.2 cm³/mol. The van der Waals surface area contributed by atoms with E-state index in [-0.39, 0.29) is 11.8 Å². The Balaban J connectivity index is 1.66. The first kappa shape index (κ1) is 16.6. The second-order valence-corrected chi connectivity index (χ2v) is 6.23. The summed E-state index contributed by atoms with van der Waals surface area (Å²) in [5.41, 5.74) is 2.13. The molecule has 3 rings (SSSR count). The Morgan fingerprint density at radius 3 is 2.79 bits per heavy atom. The first-order valence-corrected chi connectivity index (χ1v) is 8.18. The molecule has 5 nitrogen and oxygen atoms in total. The Labute approximate surface area is 142 Å². The number of rotatable bonds is 5. The van der Waals surface area contributed by atoms with Gasteiger partial charge in [0.05, 0.1) is 20.3 Å². The first-order valence-electron chi connectivity index (χ1n) is 8.18. The van der Waals surface area contributed by atoms with E-state index in [9.17, 15) is 9.90 Å². The lowest BCUT2D eigenvalue weighted by Crippen LogP contribution is -2.41. The maximum absolute atomic E-state index is 12.3. The number of hydrogen-bond acceptors (Lipinski definition) is 4. The monoisotopic (exact) mass is 329 g/mol. The average molecular weight is 329 g/mol. The highest BCUT2D eigenvalue weighted by Gasteiger charge is 2.29. The minimum absolute atomic E-state index is 0.0442. The van der Waals surface area contributed by atoms with Gasteiger partial charge in [0.1, 0.15) is 0 Å². The molecule has 1 heterocycles. The Hall–Kier alpha value is -2.27. The van der Waals surface area contributed by atoms with Crippen molar-refractivity contribution in [1.29, 1.82) is 0 Å². The van der Waals surface area contributed by atoms with Gasteiger partial charge in [0.25, 0.3) is 0 Å². The fraction of sp³-hybridized carbons (Fsp3) is 0.421. The standard InChI is InChI=1S/C19H23NO4/c1-23-17-6-3-13(9-18(17)24-2)7-8-20-12-15-10-16(21)5-4-14(15)11-19(20)22/h3-6,9,11,15-16,21H,7-8,10,12H2,1-2H3/t15-,16+/m0/s1. The molecule has 2 aliphatic rings. The van der Waals surface area contributed by atoms with Crippen molar-refractivity contribution in [3.05, 3.63) is 47.6 Å². The summed E-state index contributed by atoms with van der Waals surface area (Å²) in [4.78, 5) is 14.1. The van der Waals surface area contributed by atoms with Crippen molar-refractivity contribution in [3.8, 4) is 11.5 Å². The number of hydrogen-bond donors (Lipinski definition) is 1. The number of allylic oxidation sites excluding steroid dienone is 1. The third-order valence-electron chi connectivity index (χ3n) is 4.67. The smallest absolute Gasteiger partial charge is 0.246 e. The van der Waals surface area contributed by atoms with Crippen LogP contribution in [0.5, 0.6) is 11.5 Å². The summed E-state index contributed by atoms with van der Waals surface area (Å²) in [7, 11) is 3.23. The minimum Gasteiger partial charge on any atom is -0.493 e. The molecule has 128 valence electrons. The van der Waals surface area contributed by atoms with Gasteiger partial charge >= 0.3 is 0 Å². The maximum Gasteiger partial charge on any atom is 0.246 e. The van der Waals surface area contributed by atoms with Crippen LogP contribution in [0.2, 0.25) is 0 Å². The van der Waals surface area contributed by atoms with E-state index in [1.54, 1.807) is 26.4 Å². The second kappa shape index (κ2) is 7.09. The van der Waals surface area contributed by atoms with Crippen LogP contribution in [0.4, 0.5) is 0 Å². The SMILES string of the molecule is COc1ccc(CCN2C[C@@H]3C[C@H](O)C=CC3=CC2=O)cc1OC. The fourth-order valence-electron chi connectivity index (χ4n) is 3.30. The van der Waals surface area contributed by atoms with Crippen molar-refractivity contribution in [1.82, 2.24) is 4.90 Å². The van der Waals surface area contributed by atoms with Gasteiger partial charge in [-0.15, -0.1) is 0 Å². The van der Waals surface area contributed by atoms with Crippen molar-refractivity contribution >= 4 is 5.91 Å². The number of aliphatic hydroxyl groups is 1. The number of methoxy groups -OCH3 is 2. The lowest BCUT2D eigenvalue weighted by atomic mass is 9.85. The number of nitrogens with zero attached hydrogens (tertiary/aromatic N) is 1. The normalized spacial score (nSPS) is 22.9. The second-order valence-electron chi connectivity index (χ2n) is 6.23. The summed E-state index contributed by atoms with van der Waals surface area (Å²) in [6.45, 7) is 1.31. The molecular weight excluding hydrogens is 306 g/mol. The third-order valence-corrected chi connectivity index (χ3v) is 4.67. The topological polar surface area (TPSA) is 59.0 Å². The van der Waals surface area contributed by atoms with Gasteiger partial charge in [-0.1, -0.05) is 18.2 Å². The molecule has 0 radical (unpaired) electrons. The molecule has 1 aliphatic carbocycles. The number of fused-ring (bicyclic) bond motifs is 1. The first-order chi connectivity index (χ1) is 11.6. The van der Waals surface area contributed by atoms with Gasteiger partial charge in [-0.3, -0.25) is 4.79 Å². The van der Waals surface area contributed by atoms with Crippen molar-refractivity contribution in [2.24, 2.45) is 5.92 Å². The van der Waals surface area contributed by atoms with E-state index >= 15 is 0 Å². The summed E-state index contributed by atoms with van der Waals surface area (Å²) in [6, 6.07) is 5.82. The highest BCUT2D eigenvalue weighted by molar-refractivity contribution is 5.90. The van der Waals surface area contributed by atoms with Crippen molar-refractivity contribution in [2.45, 2.75) is 18.9 Å². The number of carbonyl (C=O) groups is 1. The lowest BCUT2D eigenvalue weighted by Gasteiger charge is -2.34. The Morgan fingerprint density at radius 2 is 2.04 bits per heavy atom. The molecule has 0 spiro atoms. The van der Waals surface area contributed by atoms with E-state index < -0.39 is 6.10 Å². The molecular formula is C19H23NO4. The minimum atomic E-state index is -0.409. The van der Waals surface area contributed by atoms with E-state index in [0.717, 1.165) is 17.6 Å². The van der Waals surface area contributed by atoms with Crippen molar-refractivity contribution in [3.63, 3.8) is 0 Å². The largest absolute Gasteiger partial charge is 0.493 e. The van der Waals surface area contributed by atoms with Crippen LogP contribution < -0.4 is 9.47 Å². The van der Waals surface area contributed by atoms with Gasteiger partial charge in [-0.05, 0) is 36.1 Å². The van der Waals surface area contributed by atoms with Crippen LogP contribution in [0.15, 0.2) is 42.0 Å². The Morgan fingerprint density at radius 1 is 1.25 bits per heavy atom. The van der Waals surface area contributed by atoms with Crippen LogP contribution in [0.25, 0.3) is 0 Å². The summed E-state index contributed by atoms with van der Waals surface area (Å²) < 4.78 is 10.6. The van der Waals surface area contributed by atoms with Gasteiger partial charge < -0.3 is 19.5 Å². The van der Waals surface area contributed by atoms with Crippen LogP contribution in [0, 0.1) is 5.92 Å². The molecule has 1 aliphatic heterocycles. The number of amides is 1. The summed E-state index contributed by atoms with van der Waals surface area (Å²) in [5, 5.41) is 9.77. The van der Waals surface area contributed by atoms with Crippen LogP contribution in [-0.4, -0.2) is 49.3 Å². The number of benzene rings is 1. The highest BCUT2D eigenvalue weighted by Crippen LogP contribution is 2.30. The zero-order valence-corrected chi connectivity index (χ0v) is 14.1. The average Bonchev–Trinajstić information content (AvgIpc) is 2.60. The van der Waals surface area contributed by atoms with E-state index in [4.69, 9.17) is 9.47 Å². The molecule has 0 bridgehead atoms.